The monoisotopic (exact) mass is 497 g/mol. The molecule has 0 radical (unpaired) electrons. The summed E-state index contributed by atoms with van der Waals surface area (Å²) in [6, 6.07) is 7.36. The minimum Gasteiger partial charge on any atom is -0.494 e. The third kappa shape index (κ3) is 4.67. The van der Waals surface area contributed by atoms with Crippen LogP contribution in [-0.4, -0.2) is 55.3 Å². The lowest BCUT2D eigenvalue weighted by Gasteiger charge is -2.35. The third-order valence-electron chi connectivity index (χ3n) is 7.01. The number of hydrogen-bond donors (Lipinski definition) is 0. The lowest BCUT2D eigenvalue weighted by molar-refractivity contribution is 0.0470. The third-order valence-corrected chi connectivity index (χ3v) is 7.01. The van der Waals surface area contributed by atoms with Crippen LogP contribution in [-0.2, 0) is 11.3 Å². The van der Waals surface area contributed by atoms with E-state index in [9.17, 15) is 14.0 Å². The predicted molar refractivity (Wildman–Crippen MR) is 133 cm³/mol. The van der Waals surface area contributed by atoms with Crippen molar-refractivity contribution in [2.24, 2.45) is 0 Å². The van der Waals surface area contributed by atoms with E-state index in [-0.39, 0.29) is 29.3 Å². The Morgan fingerprint density at radius 1 is 1.06 bits per heavy atom. The number of rotatable bonds is 7. The van der Waals surface area contributed by atoms with E-state index in [0.29, 0.717) is 29.9 Å². The van der Waals surface area contributed by atoms with Gasteiger partial charge in [0.25, 0.3) is 0 Å². The molecule has 1 saturated carbocycles. The number of methoxy groups -OCH3 is 1. The Hall–Kier alpha value is -3.46. The Morgan fingerprint density at radius 3 is 2.44 bits per heavy atom. The molecule has 190 valence electrons. The van der Waals surface area contributed by atoms with Crippen molar-refractivity contribution in [2.45, 2.75) is 32.4 Å². The normalized spacial score (nSPS) is 16.4. The Balaban J connectivity index is 1.45. The zero-order valence-corrected chi connectivity index (χ0v) is 20.4. The van der Waals surface area contributed by atoms with Gasteiger partial charge in [-0.1, -0.05) is 13.0 Å². The van der Waals surface area contributed by atoms with Gasteiger partial charge in [0, 0.05) is 43.8 Å². The molecule has 5 rings (SSSR count). The highest BCUT2D eigenvalue weighted by Crippen LogP contribution is 2.38. The van der Waals surface area contributed by atoms with Crippen molar-refractivity contribution in [1.82, 2.24) is 9.47 Å². The maximum atomic E-state index is 15.2. The zero-order valence-electron chi connectivity index (χ0n) is 20.4. The summed E-state index contributed by atoms with van der Waals surface area (Å²) in [4.78, 5) is 30.5. The number of piperazine rings is 1. The second-order valence-corrected chi connectivity index (χ2v) is 9.30. The van der Waals surface area contributed by atoms with Crippen molar-refractivity contribution in [3.8, 4) is 5.75 Å². The van der Waals surface area contributed by atoms with Crippen LogP contribution in [0.4, 0.5) is 14.5 Å². The molecule has 3 aromatic rings. The summed E-state index contributed by atoms with van der Waals surface area (Å²) >= 11 is 0. The predicted octanol–water partition coefficient (Wildman–Crippen LogP) is 4.12. The van der Waals surface area contributed by atoms with Crippen LogP contribution in [0.1, 0.15) is 41.7 Å². The molecule has 0 atom stereocenters. The van der Waals surface area contributed by atoms with E-state index in [4.69, 9.17) is 9.47 Å². The second-order valence-electron chi connectivity index (χ2n) is 9.30. The maximum absolute atomic E-state index is 15.2. The largest absolute Gasteiger partial charge is 0.494 e. The van der Waals surface area contributed by atoms with Crippen LogP contribution < -0.4 is 15.1 Å². The molecule has 2 aliphatic rings. The van der Waals surface area contributed by atoms with Crippen molar-refractivity contribution >= 4 is 22.6 Å². The first-order valence-electron chi connectivity index (χ1n) is 12.2. The van der Waals surface area contributed by atoms with Gasteiger partial charge in [0.2, 0.25) is 5.43 Å². The minimum absolute atomic E-state index is 0.0839. The van der Waals surface area contributed by atoms with Crippen molar-refractivity contribution in [2.75, 3.05) is 44.7 Å². The molecule has 2 heterocycles. The van der Waals surface area contributed by atoms with Crippen molar-refractivity contribution in [3.63, 3.8) is 0 Å². The number of likely N-dealkylation sites (N-methyl/N-ethyl adjacent to an activating group) is 1. The topological polar surface area (TPSA) is 64.0 Å². The molecule has 2 aromatic carbocycles. The van der Waals surface area contributed by atoms with E-state index in [1.165, 1.54) is 31.5 Å². The molecule has 0 unspecified atom stereocenters. The number of carbonyl (C=O) groups excluding carboxylic acids is 1. The summed E-state index contributed by atoms with van der Waals surface area (Å²) < 4.78 is 41.3. The SMILES string of the molecule is CCN1CCN(c2cc3c(cc2F)c(=O)c(C(=O)OCc2ccc(OC)c(F)c2)cn3C2CC2)CC1. The number of anilines is 1. The van der Waals surface area contributed by atoms with Crippen LogP contribution >= 0.6 is 0 Å². The van der Waals surface area contributed by atoms with Crippen LogP contribution in [0, 0.1) is 11.6 Å². The van der Waals surface area contributed by atoms with Crippen LogP contribution in [0.15, 0.2) is 41.3 Å². The summed E-state index contributed by atoms with van der Waals surface area (Å²) in [6.07, 6.45) is 3.36. The fraction of sp³-hybridized carbons (Fsp3) is 0.407. The molecular weight excluding hydrogens is 468 g/mol. The Kier molecular flexibility index (Phi) is 6.66. The number of carbonyl (C=O) groups is 1. The molecule has 1 saturated heterocycles. The summed E-state index contributed by atoms with van der Waals surface area (Å²) in [5.74, 6) is -1.80. The van der Waals surface area contributed by atoms with Crippen LogP contribution in [0.25, 0.3) is 10.9 Å². The van der Waals surface area contributed by atoms with Gasteiger partial charge in [-0.3, -0.25) is 4.79 Å². The molecule has 1 aromatic heterocycles. The number of hydrogen-bond acceptors (Lipinski definition) is 6. The van der Waals surface area contributed by atoms with E-state index in [1.54, 1.807) is 12.1 Å². The fourth-order valence-electron chi connectivity index (χ4n) is 4.73. The number of fused-ring (bicyclic) bond motifs is 1. The second kappa shape index (κ2) is 9.89. The first-order chi connectivity index (χ1) is 17.4. The standard InChI is InChI=1S/C27H29F2N3O4/c1-3-30-8-10-31(11-9-30)24-14-23-19(13-21(24)28)26(33)20(15-32(23)18-5-6-18)27(34)36-16-17-4-7-25(35-2)22(29)12-17/h4,7,12-15,18H,3,5-6,8-11,16H2,1-2H3. The Morgan fingerprint density at radius 2 is 1.81 bits per heavy atom. The molecule has 1 aliphatic heterocycles. The Labute approximate surface area is 207 Å². The lowest BCUT2D eigenvalue weighted by atomic mass is 10.1. The van der Waals surface area contributed by atoms with E-state index in [0.717, 1.165) is 32.5 Å². The number of nitrogens with zero attached hydrogens (tertiary/aromatic N) is 3. The van der Waals surface area contributed by atoms with Crippen LogP contribution in [0.2, 0.25) is 0 Å². The number of pyridine rings is 1. The van der Waals surface area contributed by atoms with Crippen LogP contribution in [0.5, 0.6) is 5.75 Å². The molecular formula is C27H29F2N3O4. The molecule has 2 fully saturated rings. The van der Waals surface area contributed by atoms with Crippen molar-refractivity contribution in [1.29, 1.82) is 0 Å². The van der Waals surface area contributed by atoms with Gasteiger partial charge in [0.15, 0.2) is 11.6 Å². The highest BCUT2D eigenvalue weighted by Gasteiger charge is 2.29. The lowest BCUT2D eigenvalue weighted by Crippen LogP contribution is -2.46. The maximum Gasteiger partial charge on any atom is 0.343 e. The number of benzene rings is 2. The van der Waals surface area contributed by atoms with Crippen molar-refractivity contribution < 1.29 is 23.0 Å². The first kappa shape index (κ1) is 24.2. The molecule has 9 heteroatoms. The molecule has 36 heavy (non-hydrogen) atoms. The number of halogens is 2. The van der Waals surface area contributed by atoms with Gasteiger partial charge in [-0.2, -0.15) is 0 Å². The molecule has 0 spiro atoms. The fourth-order valence-corrected chi connectivity index (χ4v) is 4.73. The highest BCUT2D eigenvalue weighted by atomic mass is 19.1. The quantitative estimate of drug-likeness (QED) is 0.458. The van der Waals surface area contributed by atoms with Gasteiger partial charge in [0.05, 0.1) is 18.3 Å². The first-order valence-corrected chi connectivity index (χ1v) is 12.2. The average Bonchev–Trinajstić information content (AvgIpc) is 3.73. The molecule has 0 N–H and O–H groups in total. The zero-order chi connectivity index (χ0) is 25.4. The van der Waals surface area contributed by atoms with Gasteiger partial charge in [0.1, 0.15) is 18.0 Å². The van der Waals surface area contributed by atoms with Gasteiger partial charge in [-0.05, 0) is 49.2 Å². The summed E-state index contributed by atoms with van der Waals surface area (Å²) in [5, 5.41) is 0.153. The van der Waals surface area contributed by atoms with E-state index >= 15 is 4.39 Å². The summed E-state index contributed by atoms with van der Waals surface area (Å²) in [7, 11) is 1.36. The molecule has 7 nitrogen and oxygen atoms in total. The number of ether oxygens (including phenoxy) is 2. The number of aromatic nitrogens is 1. The molecule has 1 aliphatic carbocycles. The number of esters is 1. The molecule has 0 bridgehead atoms. The summed E-state index contributed by atoms with van der Waals surface area (Å²) in [5.41, 5.74) is 0.777. The average molecular weight is 498 g/mol. The minimum atomic E-state index is -0.826. The highest BCUT2D eigenvalue weighted by molar-refractivity contribution is 5.94. The van der Waals surface area contributed by atoms with Crippen LogP contribution in [0.3, 0.4) is 0 Å². The van der Waals surface area contributed by atoms with E-state index in [2.05, 4.69) is 11.8 Å². The smallest absolute Gasteiger partial charge is 0.343 e. The van der Waals surface area contributed by atoms with E-state index in [1.807, 2.05) is 9.47 Å². The summed E-state index contributed by atoms with van der Waals surface area (Å²) in [6.45, 7) is 5.98. The Bertz CT molecular complexity index is 1360. The van der Waals surface area contributed by atoms with Gasteiger partial charge in [-0.25, -0.2) is 13.6 Å². The van der Waals surface area contributed by atoms with Gasteiger partial charge in [-0.15, -0.1) is 0 Å². The van der Waals surface area contributed by atoms with Gasteiger partial charge >= 0.3 is 5.97 Å². The van der Waals surface area contributed by atoms with Gasteiger partial charge < -0.3 is 23.8 Å². The van der Waals surface area contributed by atoms with Crippen molar-refractivity contribution in [3.05, 3.63) is 69.5 Å². The molecule has 0 amide bonds. The van der Waals surface area contributed by atoms with E-state index < -0.39 is 23.0 Å².